The van der Waals surface area contributed by atoms with Gasteiger partial charge >= 0.3 is 5.97 Å². The summed E-state index contributed by atoms with van der Waals surface area (Å²) in [5, 5.41) is 12.4. The predicted molar refractivity (Wildman–Crippen MR) is 69.4 cm³/mol. The second-order valence-corrected chi connectivity index (χ2v) is 3.85. The molecule has 1 rings (SSSR count). The first-order valence-electron chi connectivity index (χ1n) is 5.88. The van der Waals surface area contributed by atoms with Crippen molar-refractivity contribution in [2.75, 3.05) is 33.9 Å². The van der Waals surface area contributed by atoms with Gasteiger partial charge in [-0.05, 0) is 12.1 Å². The largest absolute Gasteiger partial charge is 0.497 e. The van der Waals surface area contributed by atoms with E-state index in [9.17, 15) is 9.90 Å². The van der Waals surface area contributed by atoms with Gasteiger partial charge in [-0.1, -0.05) is 6.07 Å². The number of benzene rings is 1. The summed E-state index contributed by atoms with van der Waals surface area (Å²) in [6, 6.07) is 7.11. The van der Waals surface area contributed by atoms with Gasteiger partial charge in [0.2, 0.25) is 0 Å². The van der Waals surface area contributed by atoms with Crippen LogP contribution in [0.1, 0.15) is 0 Å². The van der Waals surface area contributed by atoms with Gasteiger partial charge in [-0.3, -0.25) is 4.79 Å². The van der Waals surface area contributed by atoms with Crippen molar-refractivity contribution in [3.05, 3.63) is 24.3 Å². The molecule has 0 radical (unpaired) electrons. The minimum atomic E-state index is -0.712. The monoisotopic (exact) mass is 269 g/mol. The molecule has 0 aliphatic carbocycles. The Morgan fingerprint density at radius 1 is 1.37 bits per heavy atom. The van der Waals surface area contributed by atoms with Crippen LogP contribution >= 0.6 is 0 Å². The van der Waals surface area contributed by atoms with Crippen LogP contribution in [-0.4, -0.2) is 51.1 Å². The van der Waals surface area contributed by atoms with E-state index in [4.69, 9.17) is 9.47 Å². The maximum atomic E-state index is 10.8. The van der Waals surface area contributed by atoms with Crippen molar-refractivity contribution < 1.29 is 24.1 Å². The molecule has 6 nitrogen and oxygen atoms in total. The fourth-order valence-electron chi connectivity index (χ4n) is 1.36. The highest BCUT2D eigenvalue weighted by atomic mass is 16.5. The van der Waals surface area contributed by atoms with Gasteiger partial charge in [-0.25, -0.2) is 0 Å². The molecule has 0 aliphatic rings. The van der Waals surface area contributed by atoms with E-state index in [2.05, 4.69) is 10.1 Å². The Kier molecular flexibility index (Phi) is 6.70. The molecule has 1 aromatic carbocycles. The first-order chi connectivity index (χ1) is 9.15. The molecule has 0 spiro atoms. The summed E-state index contributed by atoms with van der Waals surface area (Å²) >= 11 is 0. The highest BCUT2D eigenvalue weighted by Crippen LogP contribution is 2.18. The van der Waals surface area contributed by atoms with Gasteiger partial charge < -0.3 is 24.6 Å². The molecule has 2 N–H and O–H groups in total. The van der Waals surface area contributed by atoms with Crippen LogP contribution in [-0.2, 0) is 9.53 Å². The Hall–Kier alpha value is -1.79. The van der Waals surface area contributed by atoms with E-state index in [1.807, 2.05) is 0 Å². The van der Waals surface area contributed by atoms with Gasteiger partial charge in [0.05, 0.1) is 20.8 Å². The molecular formula is C13H19NO5. The molecule has 0 aliphatic heterocycles. The zero-order chi connectivity index (χ0) is 14.1. The molecule has 6 heteroatoms. The average molecular weight is 269 g/mol. The number of methoxy groups -OCH3 is 2. The zero-order valence-electron chi connectivity index (χ0n) is 11.1. The Balaban J connectivity index is 2.25. The van der Waals surface area contributed by atoms with Crippen LogP contribution in [0.2, 0.25) is 0 Å². The van der Waals surface area contributed by atoms with E-state index in [-0.39, 0.29) is 25.7 Å². The average Bonchev–Trinajstić information content (AvgIpc) is 2.45. The third-order valence-corrected chi connectivity index (χ3v) is 2.36. The van der Waals surface area contributed by atoms with E-state index in [1.165, 1.54) is 7.11 Å². The van der Waals surface area contributed by atoms with E-state index < -0.39 is 6.10 Å². The van der Waals surface area contributed by atoms with Crippen molar-refractivity contribution in [1.82, 2.24) is 5.32 Å². The van der Waals surface area contributed by atoms with E-state index in [1.54, 1.807) is 31.4 Å². The number of esters is 1. The van der Waals surface area contributed by atoms with Gasteiger partial charge in [-0.2, -0.15) is 0 Å². The maximum Gasteiger partial charge on any atom is 0.319 e. The standard InChI is InChI=1S/C13H19NO5/c1-17-11-4-3-5-12(6-11)19-9-10(15)7-14-8-13(16)18-2/h3-6,10,14-15H,7-9H2,1-2H3. The van der Waals surface area contributed by atoms with Crippen molar-refractivity contribution in [2.45, 2.75) is 6.10 Å². The molecule has 1 aromatic rings. The lowest BCUT2D eigenvalue weighted by molar-refractivity contribution is -0.139. The van der Waals surface area contributed by atoms with E-state index in [0.717, 1.165) is 0 Å². The second kappa shape index (κ2) is 8.34. The summed E-state index contributed by atoms with van der Waals surface area (Å²) in [5.41, 5.74) is 0. The van der Waals surface area contributed by atoms with Crippen molar-refractivity contribution >= 4 is 5.97 Å². The summed E-state index contributed by atoms with van der Waals surface area (Å²) in [7, 11) is 2.89. The number of rotatable bonds is 8. The van der Waals surface area contributed by atoms with Crippen LogP contribution in [0.15, 0.2) is 24.3 Å². The van der Waals surface area contributed by atoms with Gasteiger partial charge in [-0.15, -0.1) is 0 Å². The van der Waals surface area contributed by atoms with Gasteiger partial charge in [0.25, 0.3) is 0 Å². The van der Waals surface area contributed by atoms with Gasteiger partial charge in [0.15, 0.2) is 0 Å². The van der Waals surface area contributed by atoms with E-state index >= 15 is 0 Å². The number of aliphatic hydroxyl groups is 1. The summed E-state index contributed by atoms with van der Waals surface area (Å²) < 4.78 is 14.9. The van der Waals surface area contributed by atoms with Gasteiger partial charge in [0, 0.05) is 12.6 Å². The van der Waals surface area contributed by atoms with Crippen LogP contribution < -0.4 is 14.8 Å². The predicted octanol–water partition coefficient (Wildman–Crippen LogP) is 0.198. The molecule has 0 bridgehead atoms. The quantitative estimate of drug-likeness (QED) is 0.656. The molecule has 0 fully saturated rings. The Labute approximate surface area is 112 Å². The number of hydrogen-bond donors (Lipinski definition) is 2. The lowest BCUT2D eigenvalue weighted by Gasteiger charge is -2.13. The number of carbonyl (C=O) groups excluding carboxylic acids is 1. The molecule has 0 saturated heterocycles. The first kappa shape index (κ1) is 15.3. The maximum absolute atomic E-state index is 10.8. The van der Waals surface area contributed by atoms with Crippen LogP contribution in [0.5, 0.6) is 11.5 Å². The normalized spacial score (nSPS) is 11.7. The minimum Gasteiger partial charge on any atom is -0.497 e. The van der Waals surface area contributed by atoms with E-state index in [0.29, 0.717) is 11.5 Å². The topological polar surface area (TPSA) is 77.0 Å². The molecule has 0 saturated carbocycles. The van der Waals surface area contributed by atoms with Crippen LogP contribution in [0, 0.1) is 0 Å². The number of carbonyl (C=O) groups is 1. The fourth-order valence-corrected chi connectivity index (χ4v) is 1.36. The SMILES string of the molecule is COC(=O)CNCC(O)COc1cccc(OC)c1. The van der Waals surface area contributed by atoms with Crippen LogP contribution in [0.25, 0.3) is 0 Å². The summed E-state index contributed by atoms with van der Waals surface area (Å²) in [4.78, 5) is 10.8. The summed E-state index contributed by atoms with van der Waals surface area (Å²) in [6.45, 7) is 0.438. The third-order valence-electron chi connectivity index (χ3n) is 2.36. The third kappa shape index (κ3) is 6.08. The first-order valence-corrected chi connectivity index (χ1v) is 5.88. The number of hydrogen-bond acceptors (Lipinski definition) is 6. The smallest absolute Gasteiger partial charge is 0.319 e. The molecular weight excluding hydrogens is 250 g/mol. The number of ether oxygens (including phenoxy) is 3. The van der Waals surface area contributed by atoms with Crippen LogP contribution in [0.4, 0.5) is 0 Å². The number of nitrogens with one attached hydrogen (secondary N) is 1. The minimum absolute atomic E-state index is 0.0622. The molecule has 0 aromatic heterocycles. The van der Waals surface area contributed by atoms with Crippen molar-refractivity contribution in [3.63, 3.8) is 0 Å². The zero-order valence-corrected chi connectivity index (χ0v) is 11.1. The molecule has 0 heterocycles. The Morgan fingerprint density at radius 3 is 2.79 bits per heavy atom. The summed E-state index contributed by atoms with van der Waals surface area (Å²) in [5.74, 6) is 0.933. The fraction of sp³-hybridized carbons (Fsp3) is 0.462. The molecule has 19 heavy (non-hydrogen) atoms. The number of aliphatic hydroxyl groups excluding tert-OH is 1. The highest BCUT2D eigenvalue weighted by molar-refractivity contribution is 5.71. The molecule has 106 valence electrons. The Bertz CT molecular complexity index is 396. The molecule has 1 atom stereocenters. The highest BCUT2D eigenvalue weighted by Gasteiger charge is 2.07. The van der Waals surface area contributed by atoms with Crippen LogP contribution in [0.3, 0.4) is 0 Å². The lowest BCUT2D eigenvalue weighted by Crippen LogP contribution is -2.34. The van der Waals surface area contributed by atoms with Gasteiger partial charge in [0.1, 0.15) is 24.2 Å². The lowest BCUT2D eigenvalue weighted by atomic mass is 10.3. The van der Waals surface area contributed by atoms with Crippen molar-refractivity contribution in [2.24, 2.45) is 0 Å². The molecule has 0 amide bonds. The Morgan fingerprint density at radius 2 is 2.11 bits per heavy atom. The van der Waals surface area contributed by atoms with Crippen molar-refractivity contribution in [3.8, 4) is 11.5 Å². The molecule has 1 unspecified atom stereocenters. The summed E-state index contributed by atoms with van der Waals surface area (Å²) in [6.07, 6.45) is -0.712. The van der Waals surface area contributed by atoms with Crippen molar-refractivity contribution in [1.29, 1.82) is 0 Å². The second-order valence-electron chi connectivity index (χ2n) is 3.85.